The second-order valence-corrected chi connectivity index (χ2v) is 4.29. The fourth-order valence-corrected chi connectivity index (χ4v) is 2.23. The van der Waals surface area contributed by atoms with Gasteiger partial charge in [0.2, 0.25) is 0 Å². The van der Waals surface area contributed by atoms with Gasteiger partial charge in [-0.25, -0.2) is 0 Å². The van der Waals surface area contributed by atoms with Crippen molar-refractivity contribution in [2.24, 2.45) is 0 Å². The van der Waals surface area contributed by atoms with Crippen LogP contribution >= 0.6 is 0 Å². The predicted molar refractivity (Wildman–Crippen MR) is 55.4 cm³/mol. The van der Waals surface area contributed by atoms with Crippen molar-refractivity contribution in [1.29, 1.82) is 0 Å². The lowest BCUT2D eigenvalue weighted by Crippen LogP contribution is -2.22. The number of nitrogens with one attached hydrogen (secondary N) is 1. The van der Waals surface area contributed by atoms with Gasteiger partial charge in [-0.2, -0.15) is 0 Å². The molecule has 0 aliphatic carbocycles. The lowest BCUT2D eigenvalue weighted by Gasteiger charge is -2.12. The molecule has 2 rings (SSSR count). The van der Waals surface area contributed by atoms with Crippen LogP contribution in [0.4, 0.5) is 0 Å². The van der Waals surface area contributed by atoms with Gasteiger partial charge in [0.1, 0.15) is 0 Å². The lowest BCUT2D eigenvalue weighted by molar-refractivity contribution is 0.0400. The van der Waals surface area contributed by atoms with Gasteiger partial charge in [0.15, 0.2) is 0 Å². The standard InChI is InChI=1S/C11H21NO2/c1-3-10(12-6-1)4-2-7-14-11-5-8-13-9-11/h10-12H,1-9H2. The first-order valence-corrected chi connectivity index (χ1v) is 5.88. The monoisotopic (exact) mass is 199 g/mol. The van der Waals surface area contributed by atoms with E-state index in [0.29, 0.717) is 6.10 Å². The highest BCUT2D eigenvalue weighted by Crippen LogP contribution is 2.12. The smallest absolute Gasteiger partial charge is 0.0830 e. The van der Waals surface area contributed by atoms with Gasteiger partial charge in [0.05, 0.1) is 12.7 Å². The molecule has 0 aromatic rings. The highest BCUT2D eigenvalue weighted by Gasteiger charge is 2.16. The molecule has 2 saturated heterocycles. The maximum absolute atomic E-state index is 5.71. The van der Waals surface area contributed by atoms with Crippen molar-refractivity contribution < 1.29 is 9.47 Å². The zero-order valence-electron chi connectivity index (χ0n) is 8.84. The summed E-state index contributed by atoms with van der Waals surface area (Å²) < 4.78 is 11.0. The first-order valence-electron chi connectivity index (χ1n) is 5.88. The SMILES string of the molecule is C1CNC(CCCOC2CCOC2)C1. The zero-order valence-corrected chi connectivity index (χ0v) is 8.84. The molecule has 14 heavy (non-hydrogen) atoms. The molecule has 2 aliphatic heterocycles. The van der Waals surface area contributed by atoms with Gasteiger partial charge in [-0.15, -0.1) is 0 Å². The van der Waals surface area contributed by atoms with Gasteiger partial charge in [-0.05, 0) is 38.6 Å². The summed E-state index contributed by atoms with van der Waals surface area (Å²) >= 11 is 0. The van der Waals surface area contributed by atoms with Crippen LogP contribution < -0.4 is 5.32 Å². The molecule has 2 aliphatic rings. The van der Waals surface area contributed by atoms with E-state index in [2.05, 4.69) is 5.32 Å². The Morgan fingerprint density at radius 2 is 2.36 bits per heavy atom. The molecule has 0 amide bonds. The third-order valence-corrected chi connectivity index (χ3v) is 3.10. The largest absolute Gasteiger partial charge is 0.379 e. The molecule has 0 spiro atoms. The molecule has 2 heterocycles. The van der Waals surface area contributed by atoms with Gasteiger partial charge < -0.3 is 14.8 Å². The van der Waals surface area contributed by atoms with Crippen LogP contribution in [0.2, 0.25) is 0 Å². The Kier molecular flexibility index (Phi) is 4.22. The van der Waals surface area contributed by atoms with Gasteiger partial charge >= 0.3 is 0 Å². The first kappa shape index (κ1) is 10.4. The summed E-state index contributed by atoms with van der Waals surface area (Å²) in [5.74, 6) is 0. The van der Waals surface area contributed by atoms with Crippen molar-refractivity contribution >= 4 is 0 Å². The van der Waals surface area contributed by atoms with Crippen molar-refractivity contribution in [3.05, 3.63) is 0 Å². The molecular weight excluding hydrogens is 178 g/mol. The van der Waals surface area contributed by atoms with Crippen molar-refractivity contribution in [1.82, 2.24) is 5.32 Å². The Bertz CT molecular complexity index is 133. The van der Waals surface area contributed by atoms with Gasteiger partial charge in [0.25, 0.3) is 0 Å². The number of hydrogen-bond donors (Lipinski definition) is 1. The molecule has 2 unspecified atom stereocenters. The second-order valence-electron chi connectivity index (χ2n) is 4.29. The highest BCUT2D eigenvalue weighted by molar-refractivity contribution is 4.73. The zero-order chi connectivity index (χ0) is 9.64. The highest BCUT2D eigenvalue weighted by atomic mass is 16.5. The Morgan fingerprint density at radius 3 is 3.07 bits per heavy atom. The summed E-state index contributed by atoms with van der Waals surface area (Å²) in [7, 11) is 0. The summed E-state index contributed by atoms with van der Waals surface area (Å²) in [6.45, 7) is 3.81. The summed E-state index contributed by atoms with van der Waals surface area (Å²) in [5, 5.41) is 3.50. The van der Waals surface area contributed by atoms with Crippen molar-refractivity contribution in [2.45, 2.75) is 44.2 Å². The van der Waals surface area contributed by atoms with Gasteiger partial charge in [-0.1, -0.05) is 0 Å². The van der Waals surface area contributed by atoms with Crippen LogP contribution in [0.5, 0.6) is 0 Å². The molecule has 3 nitrogen and oxygen atoms in total. The molecule has 0 aromatic carbocycles. The normalized spacial score (nSPS) is 32.6. The summed E-state index contributed by atoms with van der Waals surface area (Å²) in [5.41, 5.74) is 0. The minimum Gasteiger partial charge on any atom is -0.379 e. The summed E-state index contributed by atoms with van der Waals surface area (Å²) in [4.78, 5) is 0. The van der Waals surface area contributed by atoms with E-state index >= 15 is 0 Å². The summed E-state index contributed by atoms with van der Waals surface area (Å²) in [6, 6.07) is 0.762. The third-order valence-electron chi connectivity index (χ3n) is 3.10. The number of ether oxygens (including phenoxy) is 2. The third kappa shape index (κ3) is 3.23. The average molecular weight is 199 g/mol. The van der Waals surface area contributed by atoms with E-state index in [1.807, 2.05) is 0 Å². The van der Waals surface area contributed by atoms with Crippen molar-refractivity contribution in [2.75, 3.05) is 26.4 Å². The van der Waals surface area contributed by atoms with Crippen molar-refractivity contribution in [3.8, 4) is 0 Å². The molecule has 2 fully saturated rings. The fourth-order valence-electron chi connectivity index (χ4n) is 2.23. The van der Waals surface area contributed by atoms with Gasteiger partial charge in [-0.3, -0.25) is 0 Å². The van der Waals surface area contributed by atoms with Crippen molar-refractivity contribution in [3.63, 3.8) is 0 Å². The van der Waals surface area contributed by atoms with E-state index in [4.69, 9.17) is 9.47 Å². The second kappa shape index (κ2) is 5.69. The Morgan fingerprint density at radius 1 is 1.36 bits per heavy atom. The number of hydrogen-bond acceptors (Lipinski definition) is 3. The quantitative estimate of drug-likeness (QED) is 0.677. The van der Waals surface area contributed by atoms with E-state index in [9.17, 15) is 0 Å². The predicted octanol–water partition coefficient (Wildman–Crippen LogP) is 1.32. The van der Waals surface area contributed by atoms with E-state index in [0.717, 1.165) is 32.3 Å². The van der Waals surface area contributed by atoms with Crippen LogP contribution in [0, 0.1) is 0 Å². The van der Waals surface area contributed by atoms with E-state index in [1.54, 1.807) is 0 Å². The maximum atomic E-state index is 5.71. The first-order chi connectivity index (χ1) is 6.95. The molecule has 0 bridgehead atoms. The molecular formula is C11H21NO2. The number of rotatable bonds is 5. The lowest BCUT2D eigenvalue weighted by atomic mass is 10.1. The molecule has 1 N–H and O–H groups in total. The van der Waals surface area contributed by atoms with Gasteiger partial charge in [0, 0.05) is 19.3 Å². The van der Waals surface area contributed by atoms with Crippen LogP contribution in [-0.4, -0.2) is 38.5 Å². The minimum absolute atomic E-state index is 0.381. The average Bonchev–Trinajstić information content (AvgIpc) is 2.86. The minimum atomic E-state index is 0.381. The summed E-state index contributed by atoms with van der Waals surface area (Å²) in [6.07, 6.45) is 6.63. The Hall–Kier alpha value is -0.120. The van der Waals surface area contributed by atoms with E-state index in [-0.39, 0.29) is 0 Å². The Labute approximate surface area is 86.2 Å². The van der Waals surface area contributed by atoms with Crippen LogP contribution in [0.1, 0.15) is 32.1 Å². The molecule has 0 radical (unpaired) electrons. The van der Waals surface area contributed by atoms with Crippen LogP contribution in [-0.2, 0) is 9.47 Å². The molecule has 82 valence electrons. The molecule has 3 heteroatoms. The molecule has 0 aromatic heterocycles. The van der Waals surface area contributed by atoms with E-state index in [1.165, 1.54) is 32.2 Å². The fraction of sp³-hybridized carbons (Fsp3) is 1.00. The maximum Gasteiger partial charge on any atom is 0.0830 e. The van der Waals surface area contributed by atoms with Crippen LogP contribution in [0.3, 0.4) is 0 Å². The molecule has 2 atom stereocenters. The topological polar surface area (TPSA) is 30.5 Å². The Balaban J connectivity index is 1.46. The van der Waals surface area contributed by atoms with Crippen LogP contribution in [0.25, 0.3) is 0 Å². The molecule has 0 saturated carbocycles. The van der Waals surface area contributed by atoms with Crippen LogP contribution in [0.15, 0.2) is 0 Å². The van der Waals surface area contributed by atoms with E-state index < -0.39 is 0 Å².